The Bertz CT molecular complexity index is 806. The number of pyridine rings is 1. The molecule has 0 saturated heterocycles. The first-order chi connectivity index (χ1) is 10.7. The van der Waals surface area contributed by atoms with Gasteiger partial charge in [-0.1, -0.05) is 18.2 Å². The number of carbonyl (C=O) groups is 1. The predicted octanol–water partition coefficient (Wildman–Crippen LogP) is 3.01. The summed E-state index contributed by atoms with van der Waals surface area (Å²) in [6.07, 6.45) is 6.74. The maximum Gasteiger partial charge on any atom is 0.216 e. The molecule has 1 amide bonds. The van der Waals surface area contributed by atoms with Gasteiger partial charge in [0.25, 0.3) is 0 Å². The number of para-hydroxylation sites is 1. The van der Waals surface area contributed by atoms with Crippen LogP contribution in [0.4, 0.5) is 0 Å². The molecule has 22 heavy (non-hydrogen) atoms. The third-order valence-electron chi connectivity index (χ3n) is 3.78. The van der Waals surface area contributed by atoms with Crippen molar-refractivity contribution in [3.8, 4) is 5.69 Å². The molecule has 0 spiro atoms. The monoisotopic (exact) mass is 293 g/mol. The maximum absolute atomic E-state index is 11.1. The Morgan fingerprint density at radius 1 is 1.23 bits per heavy atom. The summed E-state index contributed by atoms with van der Waals surface area (Å²) in [6, 6.07) is 10.2. The van der Waals surface area contributed by atoms with Gasteiger partial charge in [-0.2, -0.15) is 0 Å². The van der Waals surface area contributed by atoms with Gasteiger partial charge in [0.15, 0.2) is 0 Å². The first kappa shape index (κ1) is 14.3. The molecule has 2 aromatic heterocycles. The standard InChI is InChI=1S/C18H19N3O/c1-13-10-19-11-17-18(13)15(8-9-20-14(2)22)12-21(17)16-6-4-3-5-7-16/h3-7,10-12H,8-9H2,1-2H3,(H,20,22). The van der Waals surface area contributed by atoms with Crippen molar-refractivity contribution >= 4 is 16.8 Å². The summed E-state index contributed by atoms with van der Waals surface area (Å²) in [5.74, 6) is 0.00480. The average Bonchev–Trinajstić information content (AvgIpc) is 2.88. The highest BCUT2D eigenvalue weighted by Gasteiger charge is 2.12. The number of fused-ring (bicyclic) bond motifs is 1. The third-order valence-corrected chi connectivity index (χ3v) is 3.78. The smallest absolute Gasteiger partial charge is 0.216 e. The van der Waals surface area contributed by atoms with Crippen LogP contribution in [0.5, 0.6) is 0 Å². The van der Waals surface area contributed by atoms with Crippen molar-refractivity contribution in [3.05, 3.63) is 60.0 Å². The zero-order valence-corrected chi connectivity index (χ0v) is 12.8. The van der Waals surface area contributed by atoms with Gasteiger partial charge in [-0.05, 0) is 36.6 Å². The molecule has 0 radical (unpaired) electrons. The molecule has 0 bridgehead atoms. The van der Waals surface area contributed by atoms with Crippen LogP contribution < -0.4 is 5.32 Å². The van der Waals surface area contributed by atoms with E-state index in [0.717, 1.165) is 23.2 Å². The van der Waals surface area contributed by atoms with E-state index in [-0.39, 0.29) is 5.91 Å². The van der Waals surface area contributed by atoms with Crippen molar-refractivity contribution in [3.63, 3.8) is 0 Å². The van der Waals surface area contributed by atoms with Gasteiger partial charge in [0, 0.05) is 36.9 Å². The Kier molecular flexibility index (Phi) is 3.92. The average molecular weight is 293 g/mol. The second-order valence-electron chi connectivity index (χ2n) is 5.44. The fourth-order valence-electron chi connectivity index (χ4n) is 2.81. The summed E-state index contributed by atoms with van der Waals surface area (Å²) in [5, 5.41) is 4.09. The van der Waals surface area contributed by atoms with Crippen molar-refractivity contribution in [2.75, 3.05) is 6.54 Å². The van der Waals surface area contributed by atoms with Crippen LogP contribution >= 0.6 is 0 Å². The van der Waals surface area contributed by atoms with E-state index in [0.29, 0.717) is 6.54 Å². The van der Waals surface area contributed by atoms with Gasteiger partial charge in [-0.25, -0.2) is 0 Å². The Balaban J connectivity index is 2.07. The highest BCUT2D eigenvalue weighted by Crippen LogP contribution is 2.27. The fourth-order valence-corrected chi connectivity index (χ4v) is 2.81. The first-order valence-electron chi connectivity index (χ1n) is 7.41. The zero-order valence-electron chi connectivity index (χ0n) is 12.8. The lowest BCUT2D eigenvalue weighted by Gasteiger charge is -2.04. The van der Waals surface area contributed by atoms with E-state index in [1.807, 2.05) is 30.6 Å². The summed E-state index contributed by atoms with van der Waals surface area (Å²) in [6.45, 7) is 4.26. The minimum atomic E-state index is 0.00480. The predicted molar refractivity (Wildman–Crippen MR) is 88.2 cm³/mol. The van der Waals surface area contributed by atoms with Gasteiger partial charge in [-0.3, -0.25) is 9.78 Å². The van der Waals surface area contributed by atoms with E-state index < -0.39 is 0 Å². The van der Waals surface area contributed by atoms with Crippen molar-refractivity contribution in [2.45, 2.75) is 20.3 Å². The molecule has 1 aromatic carbocycles. The lowest BCUT2D eigenvalue weighted by molar-refractivity contribution is -0.118. The molecule has 2 heterocycles. The molecule has 4 heteroatoms. The number of benzene rings is 1. The van der Waals surface area contributed by atoms with Gasteiger partial charge in [0.05, 0.1) is 11.7 Å². The highest BCUT2D eigenvalue weighted by atomic mass is 16.1. The van der Waals surface area contributed by atoms with E-state index in [1.54, 1.807) is 6.92 Å². The molecule has 3 aromatic rings. The minimum Gasteiger partial charge on any atom is -0.356 e. The third kappa shape index (κ3) is 2.72. The molecule has 0 unspecified atom stereocenters. The van der Waals surface area contributed by atoms with Crippen LogP contribution in [0.15, 0.2) is 48.9 Å². The van der Waals surface area contributed by atoms with Gasteiger partial charge in [-0.15, -0.1) is 0 Å². The van der Waals surface area contributed by atoms with Crippen molar-refractivity contribution < 1.29 is 4.79 Å². The Morgan fingerprint density at radius 3 is 2.73 bits per heavy atom. The molecular weight excluding hydrogens is 274 g/mol. The van der Waals surface area contributed by atoms with Gasteiger partial charge in [0.1, 0.15) is 0 Å². The number of nitrogens with zero attached hydrogens (tertiary/aromatic N) is 2. The van der Waals surface area contributed by atoms with Gasteiger partial charge in [0.2, 0.25) is 5.91 Å². The summed E-state index contributed by atoms with van der Waals surface area (Å²) in [7, 11) is 0. The maximum atomic E-state index is 11.1. The lowest BCUT2D eigenvalue weighted by Crippen LogP contribution is -2.22. The van der Waals surface area contributed by atoms with E-state index in [4.69, 9.17) is 0 Å². The number of hydrogen-bond acceptors (Lipinski definition) is 2. The Morgan fingerprint density at radius 2 is 2.00 bits per heavy atom. The van der Waals surface area contributed by atoms with Crippen molar-refractivity contribution in [2.24, 2.45) is 0 Å². The Labute approximate surface area is 129 Å². The normalized spacial score (nSPS) is 10.8. The second-order valence-corrected chi connectivity index (χ2v) is 5.44. The molecule has 0 saturated carbocycles. The van der Waals surface area contributed by atoms with Crippen molar-refractivity contribution in [1.29, 1.82) is 0 Å². The molecule has 3 rings (SSSR count). The number of carbonyl (C=O) groups excluding carboxylic acids is 1. The number of amides is 1. The molecule has 0 aliphatic heterocycles. The van der Waals surface area contributed by atoms with Crippen LogP contribution in [0.25, 0.3) is 16.6 Å². The minimum absolute atomic E-state index is 0.00480. The summed E-state index contributed by atoms with van der Waals surface area (Å²) in [5.41, 5.74) is 4.60. The first-order valence-corrected chi connectivity index (χ1v) is 7.41. The topological polar surface area (TPSA) is 46.9 Å². The summed E-state index contributed by atoms with van der Waals surface area (Å²) < 4.78 is 2.17. The quantitative estimate of drug-likeness (QED) is 0.804. The van der Waals surface area contributed by atoms with Crippen LogP contribution in [-0.2, 0) is 11.2 Å². The number of hydrogen-bond donors (Lipinski definition) is 1. The fraction of sp³-hybridized carbons (Fsp3) is 0.222. The highest BCUT2D eigenvalue weighted by molar-refractivity contribution is 5.88. The zero-order chi connectivity index (χ0) is 15.5. The van der Waals surface area contributed by atoms with Crippen LogP contribution in [0, 0.1) is 6.92 Å². The number of aryl methyl sites for hydroxylation is 1. The van der Waals surface area contributed by atoms with Gasteiger partial charge >= 0.3 is 0 Å². The molecule has 0 aliphatic carbocycles. The van der Waals surface area contributed by atoms with Crippen LogP contribution in [0.3, 0.4) is 0 Å². The second kappa shape index (κ2) is 6.02. The molecule has 4 nitrogen and oxygen atoms in total. The Hall–Kier alpha value is -2.62. The molecule has 0 fully saturated rings. The largest absolute Gasteiger partial charge is 0.356 e. The molecular formula is C18H19N3O. The van der Waals surface area contributed by atoms with Crippen LogP contribution in [0.1, 0.15) is 18.1 Å². The molecule has 1 N–H and O–H groups in total. The summed E-state index contributed by atoms with van der Waals surface area (Å²) >= 11 is 0. The summed E-state index contributed by atoms with van der Waals surface area (Å²) in [4.78, 5) is 15.4. The number of nitrogens with one attached hydrogen (secondary N) is 1. The van der Waals surface area contributed by atoms with Gasteiger partial charge < -0.3 is 9.88 Å². The molecule has 0 aliphatic rings. The van der Waals surface area contributed by atoms with Crippen LogP contribution in [-0.4, -0.2) is 22.0 Å². The molecule has 112 valence electrons. The number of rotatable bonds is 4. The lowest BCUT2D eigenvalue weighted by atomic mass is 10.1. The van der Waals surface area contributed by atoms with Crippen LogP contribution in [0.2, 0.25) is 0 Å². The SMILES string of the molecule is CC(=O)NCCc1cn(-c2ccccc2)c2cncc(C)c12. The van der Waals surface area contributed by atoms with E-state index in [9.17, 15) is 4.79 Å². The van der Waals surface area contributed by atoms with Crippen molar-refractivity contribution in [1.82, 2.24) is 14.9 Å². The van der Waals surface area contributed by atoms with E-state index in [2.05, 4.69) is 40.1 Å². The number of aromatic nitrogens is 2. The molecule has 0 atom stereocenters. The van der Waals surface area contributed by atoms with E-state index in [1.165, 1.54) is 10.9 Å². The van der Waals surface area contributed by atoms with E-state index >= 15 is 0 Å².